The summed E-state index contributed by atoms with van der Waals surface area (Å²) in [7, 11) is 0. The number of benzene rings is 2. The lowest BCUT2D eigenvalue weighted by Gasteiger charge is -2.35. The zero-order chi connectivity index (χ0) is 23.3. The van der Waals surface area contributed by atoms with Gasteiger partial charge >= 0.3 is 5.97 Å². The average Bonchev–Trinajstić information content (AvgIpc) is 2.77. The Morgan fingerprint density at radius 1 is 1.06 bits per heavy atom. The maximum absolute atomic E-state index is 13.2. The smallest absolute Gasteiger partial charge is 0.308 e. The van der Waals surface area contributed by atoms with Gasteiger partial charge in [0.15, 0.2) is 0 Å². The fourth-order valence-electron chi connectivity index (χ4n) is 3.97. The largest absolute Gasteiger partial charge is 0.427 e. The highest BCUT2D eigenvalue weighted by Crippen LogP contribution is 2.29. The molecule has 0 bridgehead atoms. The topological polar surface area (TPSA) is 75.7 Å². The van der Waals surface area contributed by atoms with Crippen LogP contribution in [0, 0.1) is 5.92 Å². The number of hydrogen-bond donors (Lipinski definition) is 1. The van der Waals surface area contributed by atoms with Gasteiger partial charge in [0, 0.05) is 30.6 Å². The van der Waals surface area contributed by atoms with E-state index in [-0.39, 0.29) is 17.7 Å². The minimum absolute atomic E-state index is 0.0703. The lowest BCUT2D eigenvalue weighted by molar-refractivity contribution is -0.135. The normalized spacial score (nSPS) is 15.3. The number of piperidine rings is 1. The molecule has 1 aliphatic rings. The Bertz CT molecular complexity index is 966. The van der Waals surface area contributed by atoms with Gasteiger partial charge in [0.05, 0.1) is 0 Å². The van der Waals surface area contributed by atoms with Gasteiger partial charge < -0.3 is 15.0 Å². The lowest BCUT2D eigenvalue weighted by Crippen LogP contribution is -2.52. The zero-order valence-corrected chi connectivity index (χ0v) is 19.4. The Labute approximate surface area is 193 Å². The Balaban J connectivity index is 1.63. The van der Waals surface area contributed by atoms with Crippen molar-refractivity contribution in [2.24, 2.45) is 5.92 Å². The Morgan fingerprint density at radius 3 is 2.31 bits per heavy atom. The molecule has 1 unspecified atom stereocenters. The van der Waals surface area contributed by atoms with E-state index in [9.17, 15) is 14.4 Å². The van der Waals surface area contributed by atoms with Crippen molar-refractivity contribution in [2.45, 2.75) is 45.6 Å². The molecular formula is C25H29ClN2O4. The number of likely N-dealkylation sites (tertiary alicyclic amines) is 1. The molecule has 1 heterocycles. The summed E-state index contributed by atoms with van der Waals surface area (Å²) < 4.78 is 5.05. The van der Waals surface area contributed by atoms with Crippen LogP contribution < -0.4 is 10.1 Å². The van der Waals surface area contributed by atoms with Crippen LogP contribution in [0.15, 0.2) is 48.5 Å². The van der Waals surface area contributed by atoms with Gasteiger partial charge in [0.25, 0.3) is 5.91 Å². The minimum Gasteiger partial charge on any atom is -0.427 e. The van der Waals surface area contributed by atoms with Crippen LogP contribution in [-0.4, -0.2) is 41.8 Å². The van der Waals surface area contributed by atoms with E-state index in [1.54, 1.807) is 18.2 Å². The van der Waals surface area contributed by atoms with Crippen molar-refractivity contribution in [3.05, 3.63) is 64.7 Å². The summed E-state index contributed by atoms with van der Waals surface area (Å²) in [5.41, 5.74) is 1.58. The van der Waals surface area contributed by atoms with Crippen molar-refractivity contribution < 1.29 is 19.1 Å². The van der Waals surface area contributed by atoms with Gasteiger partial charge in [-0.1, -0.05) is 43.6 Å². The minimum atomic E-state index is -0.632. The molecule has 2 aromatic rings. The fourth-order valence-corrected chi connectivity index (χ4v) is 4.10. The van der Waals surface area contributed by atoms with Crippen molar-refractivity contribution in [1.29, 1.82) is 0 Å². The standard InChI is InChI=1S/C25H29ClN2O4/c1-16(2)23(27-24(30)20-5-4-6-22(15-20)32-17(3)29)25(31)28-13-11-19(12-14-28)18-7-9-21(26)10-8-18/h4-10,15-16,19,23H,11-14H2,1-3H3,(H,27,30). The molecule has 170 valence electrons. The van der Waals surface area contributed by atoms with Crippen LogP contribution in [0.5, 0.6) is 5.75 Å². The Morgan fingerprint density at radius 2 is 1.72 bits per heavy atom. The van der Waals surface area contributed by atoms with Crippen LogP contribution in [0.4, 0.5) is 0 Å². The highest BCUT2D eigenvalue weighted by atomic mass is 35.5. The van der Waals surface area contributed by atoms with Crippen LogP contribution in [-0.2, 0) is 9.59 Å². The number of carbonyl (C=O) groups excluding carboxylic acids is 3. The maximum atomic E-state index is 13.2. The molecule has 0 radical (unpaired) electrons. The van der Waals surface area contributed by atoms with E-state index in [1.807, 2.05) is 43.0 Å². The summed E-state index contributed by atoms with van der Waals surface area (Å²) in [6.07, 6.45) is 1.74. The number of nitrogens with zero attached hydrogens (tertiary/aromatic N) is 1. The number of halogens is 1. The van der Waals surface area contributed by atoms with E-state index in [0.717, 1.165) is 17.9 Å². The molecule has 1 atom stereocenters. The van der Waals surface area contributed by atoms with Crippen molar-refractivity contribution in [3.8, 4) is 5.75 Å². The molecule has 1 N–H and O–H groups in total. The van der Waals surface area contributed by atoms with Crippen molar-refractivity contribution in [2.75, 3.05) is 13.1 Å². The third kappa shape index (κ3) is 6.10. The summed E-state index contributed by atoms with van der Waals surface area (Å²) in [6.45, 7) is 6.42. The number of amides is 2. The highest BCUT2D eigenvalue weighted by molar-refractivity contribution is 6.30. The van der Waals surface area contributed by atoms with E-state index >= 15 is 0 Å². The van der Waals surface area contributed by atoms with Gasteiger partial charge in [0.2, 0.25) is 5.91 Å². The number of ether oxygens (including phenoxy) is 1. The van der Waals surface area contributed by atoms with E-state index in [0.29, 0.717) is 30.3 Å². The predicted octanol–water partition coefficient (Wildman–Crippen LogP) is 4.43. The molecule has 2 aromatic carbocycles. The SMILES string of the molecule is CC(=O)Oc1cccc(C(=O)NC(C(=O)N2CCC(c3ccc(Cl)cc3)CC2)C(C)C)c1. The van der Waals surface area contributed by atoms with Gasteiger partial charge in [-0.3, -0.25) is 14.4 Å². The van der Waals surface area contributed by atoms with Crippen LogP contribution in [0.25, 0.3) is 0 Å². The van der Waals surface area contributed by atoms with Gasteiger partial charge in [-0.05, 0) is 60.6 Å². The van der Waals surface area contributed by atoms with E-state index in [4.69, 9.17) is 16.3 Å². The summed E-state index contributed by atoms with van der Waals surface area (Å²) in [5, 5.41) is 3.59. The van der Waals surface area contributed by atoms with Crippen LogP contribution in [0.3, 0.4) is 0 Å². The molecule has 7 heteroatoms. The maximum Gasteiger partial charge on any atom is 0.308 e. The van der Waals surface area contributed by atoms with E-state index < -0.39 is 12.0 Å². The van der Waals surface area contributed by atoms with Gasteiger partial charge in [-0.25, -0.2) is 0 Å². The van der Waals surface area contributed by atoms with Crippen LogP contribution in [0.2, 0.25) is 5.02 Å². The molecular weight excluding hydrogens is 428 g/mol. The molecule has 0 aromatic heterocycles. The van der Waals surface area contributed by atoms with Crippen molar-refractivity contribution in [3.63, 3.8) is 0 Å². The molecule has 2 amide bonds. The lowest BCUT2D eigenvalue weighted by atomic mass is 9.89. The molecule has 1 aliphatic heterocycles. The molecule has 3 rings (SSSR count). The number of hydrogen-bond acceptors (Lipinski definition) is 4. The predicted molar refractivity (Wildman–Crippen MR) is 124 cm³/mol. The summed E-state index contributed by atoms with van der Waals surface area (Å²) in [4.78, 5) is 39.1. The third-order valence-corrected chi connectivity index (χ3v) is 5.98. The first kappa shape index (κ1) is 23.8. The number of rotatable bonds is 6. The number of nitrogens with one attached hydrogen (secondary N) is 1. The second kappa shape index (κ2) is 10.6. The van der Waals surface area contributed by atoms with Gasteiger partial charge in [-0.15, -0.1) is 0 Å². The van der Waals surface area contributed by atoms with Gasteiger partial charge in [-0.2, -0.15) is 0 Å². The highest BCUT2D eigenvalue weighted by Gasteiger charge is 2.31. The number of carbonyl (C=O) groups is 3. The average molecular weight is 457 g/mol. The first-order chi connectivity index (χ1) is 15.2. The number of esters is 1. The van der Waals surface area contributed by atoms with Crippen LogP contribution in [0.1, 0.15) is 55.5 Å². The summed E-state index contributed by atoms with van der Waals surface area (Å²) >= 11 is 5.99. The van der Waals surface area contributed by atoms with E-state index in [2.05, 4.69) is 5.32 Å². The van der Waals surface area contributed by atoms with Crippen molar-refractivity contribution >= 4 is 29.4 Å². The molecule has 1 saturated heterocycles. The quantitative estimate of drug-likeness (QED) is 0.515. The van der Waals surface area contributed by atoms with E-state index in [1.165, 1.54) is 18.6 Å². The zero-order valence-electron chi connectivity index (χ0n) is 18.6. The first-order valence-corrected chi connectivity index (χ1v) is 11.3. The summed E-state index contributed by atoms with van der Waals surface area (Å²) in [5.74, 6) is -0.285. The van der Waals surface area contributed by atoms with Crippen molar-refractivity contribution in [1.82, 2.24) is 10.2 Å². The monoisotopic (exact) mass is 456 g/mol. The molecule has 32 heavy (non-hydrogen) atoms. The van der Waals surface area contributed by atoms with Crippen LogP contribution >= 0.6 is 11.6 Å². The molecule has 0 saturated carbocycles. The molecule has 6 nitrogen and oxygen atoms in total. The second-order valence-electron chi connectivity index (χ2n) is 8.47. The Hall–Kier alpha value is -2.86. The first-order valence-electron chi connectivity index (χ1n) is 10.9. The Kier molecular flexibility index (Phi) is 7.91. The van der Waals surface area contributed by atoms with Gasteiger partial charge in [0.1, 0.15) is 11.8 Å². The second-order valence-corrected chi connectivity index (χ2v) is 8.90. The molecule has 0 aliphatic carbocycles. The molecule has 0 spiro atoms. The third-order valence-electron chi connectivity index (χ3n) is 5.73. The summed E-state index contributed by atoms with van der Waals surface area (Å²) in [6, 6.07) is 13.6. The fraction of sp³-hybridized carbons (Fsp3) is 0.400. The molecule has 1 fully saturated rings.